The summed E-state index contributed by atoms with van der Waals surface area (Å²) in [6.07, 6.45) is 8.33. The van der Waals surface area contributed by atoms with Crippen LogP contribution in [0, 0.1) is 5.92 Å². The lowest BCUT2D eigenvalue weighted by atomic mass is 9.91. The maximum Gasteiger partial charge on any atom is 0.410 e. The number of rotatable bonds is 5. The van der Waals surface area contributed by atoms with Crippen LogP contribution in [0.25, 0.3) is 0 Å². The number of nitrogens with one attached hydrogen (secondary N) is 1. The molecule has 1 aliphatic carbocycles. The van der Waals surface area contributed by atoms with Gasteiger partial charge >= 0.3 is 6.09 Å². The molecule has 134 valence electrons. The molecule has 2 fully saturated rings. The fourth-order valence-corrected chi connectivity index (χ4v) is 4.32. The molecule has 23 heavy (non-hydrogen) atoms. The van der Waals surface area contributed by atoms with E-state index in [0.717, 1.165) is 19.4 Å². The molecule has 1 aliphatic heterocycles. The minimum Gasteiger partial charge on any atom is -0.444 e. The number of hydrogen-bond acceptors (Lipinski definition) is 3. The Morgan fingerprint density at radius 2 is 2.00 bits per heavy atom. The van der Waals surface area contributed by atoms with Crippen LogP contribution in [0.15, 0.2) is 0 Å². The normalized spacial score (nSPS) is 29.8. The molecule has 1 heterocycles. The van der Waals surface area contributed by atoms with Crippen LogP contribution in [0.5, 0.6) is 0 Å². The smallest absolute Gasteiger partial charge is 0.410 e. The third-order valence-electron chi connectivity index (χ3n) is 5.21. The van der Waals surface area contributed by atoms with E-state index >= 15 is 0 Å². The summed E-state index contributed by atoms with van der Waals surface area (Å²) in [7, 11) is 0. The molecule has 4 unspecified atom stereocenters. The fraction of sp³-hybridized carbons (Fsp3) is 0.947. The largest absolute Gasteiger partial charge is 0.444 e. The Hall–Kier alpha value is -0.770. The lowest BCUT2D eigenvalue weighted by Crippen LogP contribution is -2.49. The topological polar surface area (TPSA) is 41.6 Å². The van der Waals surface area contributed by atoms with Gasteiger partial charge in [-0.15, -0.1) is 0 Å². The molecule has 1 saturated heterocycles. The second-order valence-corrected chi connectivity index (χ2v) is 8.44. The van der Waals surface area contributed by atoms with Crippen molar-refractivity contribution in [3.05, 3.63) is 0 Å². The summed E-state index contributed by atoms with van der Waals surface area (Å²) >= 11 is 0. The molecule has 1 saturated carbocycles. The number of amides is 1. The van der Waals surface area contributed by atoms with Gasteiger partial charge in [-0.3, -0.25) is 0 Å². The summed E-state index contributed by atoms with van der Waals surface area (Å²) in [5.74, 6) is 0.587. The Balaban J connectivity index is 1.99. The minimum atomic E-state index is -0.410. The third-order valence-corrected chi connectivity index (χ3v) is 5.21. The van der Waals surface area contributed by atoms with Crippen molar-refractivity contribution in [3.8, 4) is 0 Å². The maximum absolute atomic E-state index is 12.5. The van der Waals surface area contributed by atoms with E-state index in [-0.39, 0.29) is 6.09 Å². The van der Waals surface area contributed by atoms with Gasteiger partial charge in [0.25, 0.3) is 0 Å². The van der Waals surface area contributed by atoms with Crippen LogP contribution in [-0.4, -0.2) is 41.3 Å². The first kappa shape index (κ1) is 18.6. The quantitative estimate of drug-likeness (QED) is 0.818. The molecule has 0 aromatic carbocycles. The summed E-state index contributed by atoms with van der Waals surface area (Å²) < 4.78 is 5.63. The highest BCUT2D eigenvalue weighted by Crippen LogP contribution is 2.36. The average Bonchev–Trinajstić information content (AvgIpc) is 3.04. The molecule has 1 amide bonds. The van der Waals surface area contributed by atoms with Crippen LogP contribution in [0.3, 0.4) is 0 Å². The molecule has 2 aliphatic rings. The second-order valence-electron chi connectivity index (χ2n) is 8.44. The van der Waals surface area contributed by atoms with Gasteiger partial charge in [-0.25, -0.2) is 4.79 Å². The molecular weight excluding hydrogens is 288 g/mol. The summed E-state index contributed by atoms with van der Waals surface area (Å²) in [5, 5.41) is 3.84. The lowest BCUT2D eigenvalue weighted by molar-refractivity contribution is 0.0165. The van der Waals surface area contributed by atoms with E-state index in [1.165, 1.54) is 32.1 Å². The van der Waals surface area contributed by atoms with Crippen LogP contribution in [-0.2, 0) is 4.74 Å². The predicted molar refractivity (Wildman–Crippen MR) is 94.6 cm³/mol. The van der Waals surface area contributed by atoms with Gasteiger partial charge in [-0.2, -0.15) is 0 Å². The van der Waals surface area contributed by atoms with Gasteiger partial charge in [0.15, 0.2) is 0 Å². The molecule has 0 radical (unpaired) electrons. The first-order valence-corrected chi connectivity index (χ1v) is 9.57. The minimum absolute atomic E-state index is 0.118. The molecule has 2 rings (SSSR count). The van der Waals surface area contributed by atoms with E-state index in [4.69, 9.17) is 4.74 Å². The lowest BCUT2D eigenvalue weighted by Gasteiger charge is -2.35. The zero-order valence-corrected chi connectivity index (χ0v) is 15.7. The van der Waals surface area contributed by atoms with Crippen molar-refractivity contribution in [1.29, 1.82) is 0 Å². The Labute approximate surface area is 142 Å². The van der Waals surface area contributed by atoms with Crippen LogP contribution in [0.1, 0.15) is 79.6 Å². The second kappa shape index (κ2) is 7.87. The average molecular weight is 325 g/mol. The molecule has 4 nitrogen and oxygen atoms in total. The number of hydrogen-bond donors (Lipinski definition) is 1. The van der Waals surface area contributed by atoms with Crippen molar-refractivity contribution in [2.75, 3.05) is 6.54 Å². The van der Waals surface area contributed by atoms with Gasteiger partial charge in [0.05, 0.1) is 0 Å². The van der Waals surface area contributed by atoms with E-state index in [1.807, 2.05) is 25.7 Å². The Morgan fingerprint density at radius 1 is 1.26 bits per heavy atom. The van der Waals surface area contributed by atoms with E-state index < -0.39 is 5.60 Å². The molecular formula is C19H36N2O2. The number of carbonyl (C=O) groups is 1. The maximum atomic E-state index is 12.5. The van der Waals surface area contributed by atoms with Gasteiger partial charge < -0.3 is 15.0 Å². The van der Waals surface area contributed by atoms with Gasteiger partial charge in [-0.05, 0) is 65.7 Å². The standard InChI is InChI=1S/C19H36N2O2/c1-6-9-14(2)20-16-11-7-10-15(16)17-12-8-13-21(17)18(22)23-19(3,4)5/h14-17,20H,6-13H2,1-5H3. The molecule has 4 atom stereocenters. The van der Waals surface area contributed by atoms with Crippen molar-refractivity contribution in [1.82, 2.24) is 10.2 Å². The number of carbonyl (C=O) groups excluding carboxylic acids is 1. The first-order valence-electron chi connectivity index (χ1n) is 9.57. The molecule has 4 heteroatoms. The monoisotopic (exact) mass is 324 g/mol. The molecule has 0 aromatic rings. The zero-order chi connectivity index (χ0) is 17.0. The Morgan fingerprint density at radius 3 is 2.65 bits per heavy atom. The van der Waals surface area contributed by atoms with E-state index in [0.29, 0.717) is 24.0 Å². The molecule has 0 aromatic heterocycles. The number of nitrogens with zero attached hydrogens (tertiary/aromatic N) is 1. The predicted octanol–water partition coefficient (Wildman–Crippen LogP) is 4.33. The van der Waals surface area contributed by atoms with Crippen molar-refractivity contribution < 1.29 is 9.53 Å². The van der Waals surface area contributed by atoms with E-state index in [9.17, 15) is 4.79 Å². The van der Waals surface area contributed by atoms with Crippen LogP contribution < -0.4 is 5.32 Å². The Kier molecular flexibility index (Phi) is 6.35. The van der Waals surface area contributed by atoms with Crippen molar-refractivity contribution in [2.45, 2.75) is 103 Å². The van der Waals surface area contributed by atoms with Crippen molar-refractivity contribution in [2.24, 2.45) is 5.92 Å². The van der Waals surface area contributed by atoms with Gasteiger partial charge in [0.2, 0.25) is 0 Å². The number of likely N-dealkylation sites (tertiary alicyclic amines) is 1. The zero-order valence-electron chi connectivity index (χ0n) is 15.7. The summed E-state index contributed by atoms with van der Waals surface area (Å²) in [6.45, 7) is 11.2. The number of ether oxygens (including phenoxy) is 1. The van der Waals surface area contributed by atoms with Gasteiger partial charge in [0.1, 0.15) is 5.60 Å². The highest BCUT2D eigenvalue weighted by atomic mass is 16.6. The summed E-state index contributed by atoms with van der Waals surface area (Å²) in [5.41, 5.74) is -0.410. The highest BCUT2D eigenvalue weighted by molar-refractivity contribution is 5.69. The summed E-state index contributed by atoms with van der Waals surface area (Å²) in [4.78, 5) is 14.6. The van der Waals surface area contributed by atoms with E-state index in [2.05, 4.69) is 19.2 Å². The molecule has 1 N–H and O–H groups in total. The van der Waals surface area contributed by atoms with Crippen LogP contribution >= 0.6 is 0 Å². The van der Waals surface area contributed by atoms with Crippen molar-refractivity contribution >= 4 is 6.09 Å². The fourth-order valence-electron chi connectivity index (χ4n) is 4.32. The first-order chi connectivity index (χ1) is 10.8. The van der Waals surface area contributed by atoms with Crippen LogP contribution in [0.2, 0.25) is 0 Å². The van der Waals surface area contributed by atoms with E-state index in [1.54, 1.807) is 0 Å². The van der Waals surface area contributed by atoms with Crippen molar-refractivity contribution in [3.63, 3.8) is 0 Å². The van der Waals surface area contributed by atoms with Crippen LogP contribution in [0.4, 0.5) is 4.79 Å². The SMILES string of the molecule is CCCC(C)NC1CCCC1C1CCCN1C(=O)OC(C)(C)C. The van der Waals surface area contributed by atoms with Gasteiger partial charge in [0, 0.05) is 24.7 Å². The summed E-state index contributed by atoms with van der Waals surface area (Å²) in [6, 6.07) is 1.49. The third kappa shape index (κ3) is 5.10. The van der Waals surface area contributed by atoms with Gasteiger partial charge in [-0.1, -0.05) is 19.8 Å². The molecule has 0 bridgehead atoms. The highest BCUT2D eigenvalue weighted by Gasteiger charge is 2.42. The Bertz CT molecular complexity index is 391. The molecule has 0 spiro atoms.